The molecule has 0 aromatic heterocycles. The average molecular weight is 421 g/mol. The van der Waals surface area contributed by atoms with Crippen LogP contribution in [0.4, 0.5) is 4.79 Å². The van der Waals surface area contributed by atoms with Crippen LogP contribution in [0, 0.1) is 0 Å². The summed E-state index contributed by atoms with van der Waals surface area (Å²) in [5, 5.41) is 9.41. The maximum atomic E-state index is 12.1. The molecule has 0 saturated carbocycles. The van der Waals surface area contributed by atoms with Crippen molar-refractivity contribution >= 4 is 12.1 Å². The van der Waals surface area contributed by atoms with Gasteiger partial charge in [-0.05, 0) is 47.6 Å². The van der Waals surface area contributed by atoms with Gasteiger partial charge < -0.3 is 30.2 Å². The Morgan fingerprint density at radius 2 is 1.87 bits per heavy atom. The molecule has 1 aromatic carbocycles. The fraction of sp³-hybridized carbons (Fsp3) is 0.636. The highest BCUT2D eigenvalue weighted by Crippen LogP contribution is 2.33. The molecule has 1 aliphatic rings. The lowest BCUT2D eigenvalue weighted by Crippen LogP contribution is -2.54. The van der Waals surface area contributed by atoms with E-state index in [1.54, 1.807) is 0 Å². The van der Waals surface area contributed by atoms with Crippen LogP contribution in [0.5, 0.6) is 11.5 Å². The number of hydrogen-bond donors (Lipinski definition) is 3. The molecule has 0 bridgehead atoms. The van der Waals surface area contributed by atoms with Crippen molar-refractivity contribution < 1.29 is 19.0 Å². The molecular formula is C22H36N4O4. The predicted molar refractivity (Wildman–Crippen MR) is 118 cm³/mol. The molecule has 8 heteroatoms. The van der Waals surface area contributed by atoms with Crippen LogP contribution < -0.4 is 25.4 Å². The summed E-state index contributed by atoms with van der Waals surface area (Å²) >= 11 is 0. The van der Waals surface area contributed by atoms with Gasteiger partial charge in [0.1, 0.15) is 5.60 Å². The molecule has 2 rings (SSSR count). The van der Waals surface area contributed by atoms with Gasteiger partial charge in [0.25, 0.3) is 0 Å². The van der Waals surface area contributed by atoms with Crippen LogP contribution in [0.15, 0.2) is 23.2 Å². The quantitative estimate of drug-likeness (QED) is 0.483. The summed E-state index contributed by atoms with van der Waals surface area (Å²) in [6.45, 7) is 14.3. The van der Waals surface area contributed by atoms with Crippen LogP contribution in [0.25, 0.3) is 0 Å². The number of alkyl carbamates (subject to hydrolysis) is 1. The van der Waals surface area contributed by atoms with E-state index in [0.29, 0.717) is 32.3 Å². The topological polar surface area (TPSA) is 93.2 Å². The number of nitrogens with one attached hydrogen (secondary N) is 3. The zero-order valence-corrected chi connectivity index (χ0v) is 19.1. The molecule has 30 heavy (non-hydrogen) atoms. The largest absolute Gasteiger partial charge is 0.490 e. The summed E-state index contributed by atoms with van der Waals surface area (Å²) in [7, 11) is 0. The highest BCUT2D eigenvalue weighted by molar-refractivity contribution is 5.80. The van der Waals surface area contributed by atoms with Crippen molar-refractivity contribution in [2.45, 2.75) is 65.6 Å². The maximum Gasteiger partial charge on any atom is 0.408 e. The smallest absolute Gasteiger partial charge is 0.408 e. The molecule has 1 heterocycles. The number of guanidine groups is 1. The molecule has 1 aliphatic heterocycles. The van der Waals surface area contributed by atoms with Gasteiger partial charge in [-0.3, -0.25) is 0 Å². The minimum absolute atomic E-state index is 0.444. The molecule has 0 spiro atoms. The lowest BCUT2D eigenvalue weighted by molar-refractivity contribution is 0.0474. The van der Waals surface area contributed by atoms with E-state index < -0.39 is 17.2 Å². The van der Waals surface area contributed by atoms with Crippen LogP contribution in [-0.2, 0) is 11.3 Å². The lowest BCUT2D eigenvalue weighted by atomic mass is 10.1. The van der Waals surface area contributed by atoms with Crippen LogP contribution in [0.3, 0.4) is 0 Å². The van der Waals surface area contributed by atoms with E-state index in [-0.39, 0.29) is 0 Å². The first-order valence-corrected chi connectivity index (χ1v) is 10.5. The first kappa shape index (κ1) is 23.6. The van der Waals surface area contributed by atoms with E-state index >= 15 is 0 Å². The second kappa shape index (κ2) is 10.4. The van der Waals surface area contributed by atoms with Gasteiger partial charge in [-0.25, -0.2) is 9.79 Å². The fourth-order valence-corrected chi connectivity index (χ4v) is 2.81. The zero-order valence-electron chi connectivity index (χ0n) is 19.1. The lowest BCUT2D eigenvalue weighted by Gasteiger charge is -2.29. The molecule has 1 aromatic rings. The van der Waals surface area contributed by atoms with Crippen LogP contribution >= 0.6 is 0 Å². The van der Waals surface area contributed by atoms with Crippen molar-refractivity contribution in [2.75, 3.05) is 26.3 Å². The Morgan fingerprint density at radius 1 is 1.13 bits per heavy atom. The third-order valence-electron chi connectivity index (χ3n) is 4.14. The molecule has 3 N–H and O–H groups in total. The van der Waals surface area contributed by atoms with Crippen LogP contribution in [-0.4, -0.2) is 49.5 Å². The SMILES string of the molecule is CCNC(=NCc1cccc2c1OCCCO2)NCC(C)(C)NC(=O)OC(C)(C)C. The Hall–Kier alpha value is -2.64. The van der Waals surface area contributed by atoms with Crippen LogP contribution in [0.1, 0.15) is 53.5 Å². The number of para-hydroxylation sites is 1. The summed E-state index contributed by atoms with van der Waals surface area (Å²) < 4.78 is 17.0. The Morgan fingerprint density at radius 3 is 2.57 bits per heavy atom. The second-order valence-corrected chi connectivity index (χ2v) is 8.85. The normalized spacial score (nSPS) is 14.5. The third-order valence-corrected chi connectivity index (χ3v) is 4.14. The minimum Gasteiger partial charge on any atom is -0.490 e. The molecule has 1 amide bonds. The van der Waals surface area contributed by atoms with Gasteiger partial charge >= 0.3 is 6.09 Å². The van der Waals surface area contributed by atoms with Crippen LogP contribution in [0.2, 0.25) is 0 Å². The molecule has 0 atom stereocenters. The fourth-order valence-electron chi connectivity index (χ4n) is 2.81. The molecule has 0 radical (unpaired) electrons. The molecule has 0 unspecified atom stereocenters. The number of aliphatic imine (C=N–C) groups is 1. The van der Waals surface area contributed by atoms with Gasteiger partial charge in [0.05, 0.1) is 25.3 Å². The second-order valence-electron chi connectivity index (χ2n) is 8.85. The molecule has 8 nitrogen and oxygen atoms in total. The van der Waals surface area contributed by atoms with E-state index in [2.05, 4.69) is 20.9 Å². The number of amides is 1. The van der Waals surface area contributed by atoms with Gasteiger partial charge in [-0.15, -0.1) is 0 Å². The summed E-state index contributed by atoms with van der Waals surface area (Å²) in [6, 6.07) is 5.86. The van der Waals surface area contributed by atoms with Crippen molar-refractivity contribution in [3.8, 4) is 11.5 Å². The molecular weight excluding hydrogens is 384 g/mol. The van der Waals surface area contributed by atoms with Crippen molar-refractivity contribution in [1.82, 2.24) is 16.0 Å². The van der Waals surface area contributed by atoms with Gasteiger partial charge in [0.2, 0.25) is 0 Å². The standard InChI is InChI=1S/C22H36N4O4/c1-7-23-19(25-15-22(5,6)26-20(27)30-21(2,3)4)24-14-16-10-8-11-17-18(16)29-13-9-12-28-17/h8,10-11H,7,9,12-15H2,1-6H3,(H,26,27)(H2,23,24,25). The van der Waals surface area contributed by atoms with E-state index in [0.717, 1.165) is 30.0 Å². The predicted octanol–water partition coefficient (Wildman–Crippen LogP) is 3.21. The highest BCUT2D eigenvalue weighted by Gasteiger charge is 2.25. The summed E-state index contributed by atoms with van der Waals surface area (Å²) in [6.07, 6.45) is 0.418. The Balaban J connectivity index is 2.00. The van der Waals surface area contributed by atoms with E-state index in [9.17, 15) is 4.79 Å². The first-order chi connectivity index (χ1) is 14.1. The van der Waals surface area contributed by atoms with Gasteiger partial charge in [-0.1, -0.05) is 12.1 Å². The monoisotopic (exact) mass is 420 g/mol. The van der Waals surface area contributed by atoms with Gasteiger partial charge in [-0.2, -0.15) is 0 Å². The van der Waals surface area contributed by atoms with E-state index in [1.165, 1.54) is 0 Å². The van der Waals surface area contributed by atoms with Crippen molar-refractivity contribution in [1.29, 1.82) is 0 Å². The maximum absolute atomic E-state index is 12.1. The number of fused-ring (bicyclic) bond motifs is 1. The van der Waals surface area contributed by atoms with Crippen molar-refractivity contribution in [3.05, 3.63) is 23.8 Å². The summed E-state index contributed by atoms with van der Waals surface area (Å²) in [4.78, 5) is 16.8. The minimum atomic E-state index is -0.538. The number of rotatable bonds is 6. The summed E-state index contributed by atoms with van der Waals surface area (Å²) in [5.41, 5.74) is -0.0966. The van der Waals surface area contributed by atoms with E-state index in [4.69, 9.17) is 14.2 Å². The molecule has 0 saturated heterocycles. The molecule has 0 fully saturated rings. The summed E-state index contributed by atoms with van der Waals surface area (Å²) in [5.74, 6) is 2.19. The number of nitrogens with zero attached hydrogens (tertiary/aromatic N) is 1. The van der Waals surface area contributed by atoms with Gasteiger partial charge in [0.15, 0.2) is 17.5 Å². The third kappa shape index (κ3) is 8.00. The Kier molecular flexibility index (Phi) is 8.20. The number of benzene rings is 1. The number of ether oxygens (including phenoxy) is 3. The number of carbonyl (C=O) groups is 1. The Labute approximate surface area is 179 Å². The van der Waals surface area contributed by atoms with Gasteiger partial charge in [0, 0.05) is 25.1 Å². The molecule has 0 aliphatic carbocycles. The van der Waals surface area contributed by atoms with Crippen molar-refractivity contribution in [3.63, 3.8) is 0 Å². The van der Waals surface area contributed by atoms with E-state index in [1.807, 2.05) is 59.7 Å². The Bertz CT molecular complexity index is 741. The molecule has 168 valence electrons. The number of carbonyl (C=O) groups excluding carboxylic acids is 1. The van der Waals surface area contributed by atoms with Crippen molar-refractivity contribution in [2.24, 2.45) is 4.99 Å². The highest BCUT2D eigenvalue weighted by atomic mass is 16.6. The zero-order chi connectivity index (χ0) is 22.2. The first-order valence-electron chi connectivity index (χ1n) is 10.5. The average Bonchev–Trinajstić information content (AvgIpc) is 2.87. The number of hydrogen-bond acceptors (Lipinski definition) is 5.